The minimum Gasteiger partial charge on any atom is -0.493 e. The van der Waals surface area contributed by atoms with E-state index in [0.717, 1.165) is 16.3 Å². The highest BCUT2D eigenvalue weighted by Crippen LogP contribution is 2.39. The van der Waals surface area contributed by atoms with Crippen LogP contribution in [0.2, 0.25) is 0 Å². The lowest BCUT2D eigenvalue weighted by Crippen LogP contribution is -2.36. The van der Waals surface area contributed by atoms with Crippen LogP contribution in [0.1, 0.15) is 21.1 Å². The van der Waals surface area contributed by atoms with Gasteiger partial charge in [-0.05, 0) is 26.0 Å². The number of nitrogens with zero attached hydrogens (tertiary/aromatic N) is 2. The molecule has 0 atom stereocenters. The molecule has 150 valence electrons. The first kappa shape index (κ1) is 23.3. The van der Waals surface area contributed by atoms with Crippen molar-refractivity contribution in [3.63, 3.8) is 0 Å². The summed E-state index contributed by atoms with van der Waals surface area (Å²) in [5.41, 5.74) is 2.00. The van der Waals surface area contributed by atoms with Gasteiger partial charge in [-0.2, -0.15) is 0 Å². The molecule has 0 saturated heterocycles. The number of aliphatic imine (C=N–C) groups is 1. The summed E-state index contributed by atoms with van der Waals surface area (Å²) < 4.78 is 16.3. The zero-order chi connectivity index (χ0) is 19.1. The number of methoxy groups -OCH3 is 3. The second-order valence-electron chi connectivity index (χ2n) is 5.51. The van der Waals surface area contributed by atoms with E-state index >= 15 is 0 Å². The molecule has 0 aliphatic heterocycles. The van der Waals surface area contributed by atoms with Crippen LogP contribution in [0.5, 0.6) is 17.2 Å². The lowest BCUT2D eigenvalue weighted by molar-refractivity contribution is 0.322. The molecule has 1 aromatic heterocycles. The molecule has 7 nitrogen and oxygen atoms in total. The molecule has 0 aliphatic rings. The number of nitrogens with one attached hydrogen (secondary N) is 2. The Labute approximate surface area is 181 Å². The number of aromatic nitrogens is 1. The van der Waals surface area contributed by atoms with E-state index in [0.29, 0.717) is 36.3 Å². The maximum atomic E-state index is 5.51. The third-order valence-electron chi connectivity index (χ3n) is 3.87. The van der Waals surface area contributed by atoms with Crippen LogP contribution >= 0.6 is 35.3 Å². The Hall–Kier alpha value is -1.75. The van der Waals surface area contributed by atoms with Crippen LogP contribution in [0.15, 0.2) is 17.1 Å². The molecule has 0 bridgehead atoms. The van der Waals surface area contributed by atoms with Gasteiger partial charge in [-0.1, -0.05) is 0 Å². The van der Waals surface area contributed by atoms with Crippen molar-refractivity contribution in [3.8, 4) is 17.2 Å². The van der Waals surface area contributed by atoms with E-state index in [4.69, 9.17) is 14.2 Å². The molecule has 2 rings (SSSR count). The number of guanidine groups is 1. The lowest BCUT2D eigenvalue weighted by atomic mass is 10.1. The quantitative estimate of drug-likeness (QED) is 0.341. The van der Waals surface area contributed by atoms with Gasteiger partial charge in [-0.3, -0.25) is 4.99 Å². The molecule has 0 aliphatic carbocycles. The summed E-state index contributed by atoms with van der Waals surface area (Å²) in [7, 11) is 6.55. The SMILES string of the molecule is CN=C(NCc1ccc(OC)c(OC)c1OC)NCc1sc(C)nc1C.I. The van der Waals surface area contributed by atoms with Gasteiger partial charge in [0.15, 0.2) is 17.5 Å². The molecule has 27 heavy (non-hydrogen) atoms. The molecule has 0 fully saturated rings. The number of rotatable bonds is 7. The number of hydrogen-bond donors (Lipinski definition) is 2. The normalized spacial score (nSPS) is 10.8. The number of thiazole rings is 1. The van der Waals surface area contributed by atoms with Crippen molar-refractivity contribution in [2.75, 3.05) is 28.4 Å². The molecule has 0 radical (unpaired) electrons. The average Bonchev–Trinajstić information content (AvgIpc) is 2.98. The Balaban J connectivity index is 0.00000364. The van der Waals surface area contributed by atoms with Crippen molar-refractivity contribution in [2.45, 2.75) is 26.9 Å². The minimum atomic E-state index is 0. The summed E-state index contributed by atoms with van der Waals surface area (Å²) in [5, 5.41) is 7.67. The molecule has 0 spiro atoms. The molecule has 9 heteroatoms. The van der Waals surface area contributed by atoms with Crippen molar-refractivity contribution in [3.05, 3.63) is 33.3 Å². The fraction of sp³-hybridized carbons (Fsp3) is 0.444. The molecule has 2 aromatic rings. The van der Waals surface area contributed by atoms with Gasteiger partial charge in [-0.25, -0.2) is 4.98 Å². The number of ether oxygens (including phenoxy) is 3. The predicted molar refractivity (Wildman–Crippen MR) is 120 cm³/mol. The van der Waals surface area contributed by atoms with Crippen LogP contribution in [0, 0.1) is 13.8 Å². The molecule has 2 N–H and O–H groups in total. The molecule has 1 heterocycles. The van der Waals surface area contributed by atoms with Gasteiger partial charge in [0.25, 0.3) is 0 Å². The second-order valence-corrected chi connectivity index (χ2v) is 6.80. The van der Waals surface area contributed by atoms with Crippen LogP contribution in [-0.4, -0.2) is 39.3 Å². The summed E-state index contributed by atoms with van der Waals surface area (Å²) in [6.07, 6.45) is 0. The Morgan fingerprint density at radius 1 is 1.04 bits per heavy atom. The summed E-state index contributed by atoms with van der Waals surface area (Å²) in [4.78, 5) is 9.91. The highest BCUT2D eigenvalue weighted by atomic mass is 127. The Kier molecular flexibility index (Phi) is 9.64. The zero-order valence-corrected chi connectivity index (χ0v) is 19.7. The minimum absolute atomic E-state index is 0. The number of aryl methyl sites for hydroxylation is 2. The summed E-state index contributed by atoms with van der Waals surface area (Å²) in [6, 6.07) is 3.80. The van der Waals surface area contributed by atoms with Crippen molar-refractivity contribution < 1.29 is 14.2 Å². The van der Waals surface area contributed by atoms with Gasteiger partial charge in [0.2, 0.25) is 5.75 Å². The van der Waals surface area contributed by atoms with Gasteiger partial charge in [-0.15, -0.1) is 35.3 Å². The first-order chi connectivity index (χ1) is 12.5. The van der Waals surface area contributed by atoms with E-state index in [1.54, 1.807) is 39.7 Å². The largest absolute Gasteiger partial charge is 0.493 e. The topological polar surface area (TPSA) is 77.0 Å². The van der Waals surface area contributed by atoms with Gasteiger partial charge in [0.05, 0.1) is 38.6 Å². The highest BCUT2D eigenvalue weighted by molar-refractivity contribution is 14.0. The lowest BCUT2D eigenvalue weighted by Gasteiger charge is -2.17. The monoisotopic (exact) mass is 506 g/mol. The van der Waals surface area contributed by atoms with E-state index < -0.39 is 0 Å². The van der Waals surface area contributed by atoms with Gasteiger partial charge in [0, 0.05) is 24.0 Å². The molecule has 0 amide bonds. The van der Waals surface area contributed by atoms with Gasteiger partial charge in [0.1, 0.15) is 0 Å². The maximum Gasteiger partial charge on any atom is 0.203 e. The van der Waals surface area contributed by atoms with Crippen molar-refractivity contribution in [2.24, 2.45) is 4.99 Å². The fourth-order valence-corrected chi connectivity index (χ4v) is 3.48. The van der Waals surface area contributed by atoms with E-state index in [1.807, 2.05) is 26.0 Å². The summed E-state index contributed by atoms with van der Waals surface area (Å²) >= 11 is 1.69. The molecule has 0 saturated carbocycles. The van der Waals surface area contributed by atoms with E-state index in [9.17, 15) is 0 Å². The van der Waals surface area contributed by atoms with Crippen LogP contribution < -0.4 is 24.8 Å². The number of halogens is 1. The number of hydrogen-bond acceptors (Lipinski definition) is 6. The van der Waals surface area contributed by atoms with Crippen LogP contribution in [0.25, 0.3) is 0 Å². The summed E-state index contributed by atoms with van der Waals surface area (Å²) in [5.74, 6) is 2.55. The standard InChI is InChI=1S/C18H26N4O3S.HI/c1-11-15(26-12(2)22-11)10-21-18(19-3)20-9-13-7-8-14(23-4)17(25-6)16(13)24-5;/h7-8H,9-10H2,1-6H3,(H2,19,20,21);1H. The molecular weight excluding hydrogens is 479 g/mol. The molecular formula is C18H27IN4O3S. The van der Waals surface area contributed by atoms with Crippen molar-refractivity contribution in [1.29, 1.82) is 0 Å². The average molecular weight is 506 g/mol. The smallest absolute Gasteiger partial charge is 0.203 e. The summed E-state index contributed by atoms with van der Waals surface area (Å²) in [6.45, 7) is 5.24. The zero-order valence-electron chi connectivity index (χ0n) is 16.5. The van der Waals surface area contributed by atoms with E-state index in [2.05, 4.69) is 20.6 Å². The molecule has 1 aromatic carbocycles. The van der Waals surface area contributed by atoms with Gasteiger partial charge < -0.3 is 24.8 Å². The first-order valence-electron chi connectivity index (χ1n) is 8.19. The predicted octanol–water partition coefficient (Wildman–Crippen LogP) is 3.27. The maximum absolute atomic E-state index is 5.51. The molecule has 0 unspecified atom stereocenters. The third kappa shape index (κ3) is 5.86. The third-order valence-corrected chi connectivity index (χ3v) is 4.94. The number of benzene rings is 1. The van der Waals surface area contributed by atoms with Crippen LogP contribution in [0.3, 0.4) is 0 Å². The Morgan fingerprint density at radius 2 is 1.70 bits per heavy atom. The van der Waals surface area contributed by atoms with E-state index in [-0.39, 0.29) is 24.0 Å². The van der Waals surface area contributed by atoms with E-state index in [1.165, 1.54) is 4.88 Å². The highest BCUT2D eigenvalue weighted by Gasteiger charge is 2.16. The second kappa shape index (κ2) is 11.2. The van der Waals surface area contributed by atoms with Crippen LogP contribution in [0.4, 0.5) is 0 Å². The Bertz CT molecular complexity index is 780. The van der Waals surface area contributed by atoms with Crippen molar-refractivity contribution >= 4 is 41.3 Å². The Morgan fingerprint density at radius 3 is 2.22 bits per heavy atom. The van der Waals surface area contributed by atoms with Crippen molar-refractivity contribution in [1.82, 2.24) is 15.6 Å². The van der Waals surface area contributed by atoms with Gasteiger partial charge >= 0.3 is 0 Å². The first-order valence-corrected chi connectivity index (χ1v) is 9.00. The fourth-order valence-electron chi connectivity index (χ4n) is 2.60. The van der Waals surface area contributed by atoms with Crippen LogP contribution in [-0.2, 0) is 13.1 Å².